The molecule has 0 bridgehead atoms. The molecule has 0 aliphatic carbocycles. The van der Waals surface area contributed by atoms with Crippen LogP contribution < -0.4 is 5.32 Å². The number of rotatable bonds is 4. The van der Waals surface area contributed by atoms with Gasteiger partial charge in [-0.15, -0.1) is 0 Å². The first kappa shape index (κ1) is 13.7. The van der Waals surface area contributed by atoms with Crippen LogP contribution in [0.4, 0.5) is 0 Å². The summed E-state index contributed by atoms with van der Waals surface area (Å²) in [6.45, 7) is 13.9. The Labute approximate surface area is 100 Å². The largest absolute Gasteiger partial charge is 0.415 e. The fraction of sp³-hybridized carbons (Fsp3) is 0.917. The maximum Gasteiger partial charge on any atom is 0.225 e. The summed E-state index contributed by atoms with van der Waals surface area (Å²) in [6.07, 6.45) is 0.914. The second-order valence-corrected chi connectivity index (χ2v) is 11.0. The summed E-state index contributed by atoms with van der Waals surface area (Å²) >= 11 is 0. The molecule has 0 unspecified atom stereocenters. The molecule has 1 heterocycles. The number of amides is 1. The topological polar surface area (TPSA) is 38.3 Å². The lowest BCUT2D eigenvalue weighted by molar-refractivity contribution is -0.136. The van der Waals surface area contributed by atoms with Gasteiger partial charge in [-0.3, -0.25) is 4.79 Å². The normalized spacial score (nSPS) is 26.2. The number of hydrogen-bond acceptors (Lipinski definition) is 2. The molecular formula is C12H25NO2Si. The van der Waals surface area contributed by atoms with Crippen molar-refractivity contribution in [2.45, 2.75) is 58.3 Å². The minimum absolute atomic E-state index is 0.171. The maximum absolute atomic E-state index is 11.2. The minimum atomic E-state index is -1.67. The zero-order valence-corrected chi connectivity index (χ0v) is 12.4. The lowest BCUT2D eigenvalue weighted by Crippen LogP contribution is -2.61. The summed E-state index contributed by atoms with van der Waals surface area (Å²) < 4.78 is 6.10. The van der Waals surface area contributed by atoms with Crippen LogP contribution in [0.25, 0.3) is 0 Å². The third-order valence-corrected chi connectivity index (χ3v) is 8.52. The van der Waals surface area contributed by atoms with Gasteiger partial charge in [-0.25, -0.2) is 0 Å². The van der Waals surface area contributed by atoms with E-state index < -0.39 is 8.32 Å². The molecule has 1 rings (SSSR count). The maximum atomic E-state index is 11.2. The van der Waals surface area contributed by atoms with Crippen LogP contribution in [0.1, 0.15) is 34.1 Å². The Kier molecular flexibility index (Phi) is 3.85. The van der Waals surface area contributed by atoms with Crippen LogP contribution in [0.15, 0.2) is 0 Å². The van der Waals surface area contributed by atoms with Gasteiger partial charge in [-0.1, -0.05) is 27.7 Å². The van der Waals surface area contributed by atoms with E-state index in [1.165, 1.54) is 0 Å². The van der Waals surface area contributed by atoms with Gasteiger partial charge in [0.2, 0.25) is 5.91 Å². The fourth-order valence-corrected chi connectivity index (χ4v) is 2.65. The van der Waals surface area contributed by atoms with Crippen molar-refractivity contribution in [2.24, 2.45) is 5.92 Å². The molecular weight excluding hydrogens is 218 g/mol. The van der Waals surface area contributed by atoms with Gasteiger partial charge < -0.3 is 9.74 Å². The van der Waals surface area contributed by atoms with Crippen LogP contribution in [-0.2, 0) is 9.22 Å². The second kappa shape index (κ2) is 4.49. The monoisotopic (exact) mass is 243 g/mol. The highest BCUT2D eigenvalue weighted by molar-refractivity contribution is 6.74. The molecule has 1 amide bonds. The first-order valence-electron chi connectivity index (χ1n) is 6.13. The Morgan fingerprint density at radius 3 is 2.31 bits per heavy atom. The third kappa shape index (κ3) is 2.66. The van der Waals surface area contributed by atoms with E-state index in [2.05, 4.69) is 46.1 Å². The van der Waals surface area contributed by atoms with Crippen LogP contribution >= 0.6 is 0 Å². The Balaban J connectivity index is 2.44. The van der Waals surface area contributed by atoms with Crippen molar-refractivity contribution in [3.8, 4) is 0 Å². The number of hydrogen-bond donors (Lipinski definition) is 1. The number of carbonyl (C=O) groups is 1. The summed E-state index contributed by atoms with van der Waals surface area (Å²) in [4.78, 5) is 11.2. The lowest BCUT2D eigenvalue weighted by atomic mass is 9.89. The number of β-lactam (4-membered cyclic amide) rings is 1. The fourth-order valence-electron chi connectivity index (χ4n) is 1.62. The smallest absolute Gasteiger partial charge is 0.225 e. The zero-order valence-electron chi connectivity index (χ0n) is 11.4. The Hall–Kier alpha value is -0.353. The standard InChI is InChI=1S/C12H25NO2Si/c1-7-9-10(13-11(9)14)8-15-16(5,6)12(2,3)4/h9-10H,7-8H2,1-6H3,(H,13,14)/t9-,10+/m0/s1. The van der Waals surface area contributed by atoms with Crippen LogP contribution in [0.3, 0.4) is 0 Å². The number of nitrogens with one attached hydrogen (secondary N) is 1. The molecule has 0 aromatic heterocycles. The van der Waals surface area contributed by atoms with Crippen LogP contribution in [0.2, 0.25) is 18.1 Å². The zero-order chi connectivity index (χ0) is 12.6. The van der Waals surface area contributed by atoms with Gasteiger partial charge in [0.15, 0.2) is 8.32 Å². The van der Waals surface area contributed by atoms with E-state index in [-0.39, 0.29) is 22.9 Å². The van der Waals surface area contributed by atoms with Crippen LogP contribution in [-0.4, -0.2) is 26.9 Å². The highest BCUT2D eigenvalue weighted by atomic mass is 28.4. The Bertz CT molecular complexity index is 271. The van der Waals surface area contributed by atoms with Gasteiger partial charge >= 0.3 is 0 Å². The van der Waals surface area contributed by atoms with Gasteiger partial charge in [-0.2, -0.15) is 0 Å². The highest BCUT2D eigenvalue weighted by Gasteiger charge is 2.42. The quantitative estimate of drug-likeness (QED) is 0.609. The van der Waals surface area contributed by atoms with Gasteiger partial charge in [-0.05, 0) is 24.6 Å². The molecule has 1 aliphatic rings. The van der Waals surface area contributed by atoms with Gasteiger partial charge in [0.05, 0.1) is 18.6 Å². The molecule has 4 heteroatoms. The van der Waals surface area contributed by atoms with Gasteiger partial charge in [0, 0.05) is 0 Å². The van der Waals surface area contributed by atoms with Crippen molar-refractivity contribution >= 4 is 14.2 Å². The molecule has 1 saturated heterocycles. The molecule has 1 aliphatic heterocycles. The summed E-state index contributed by atoms with van der Waals surface area (Å²) in [5.74, 6) is 0.357. The molecule has 1 fully saturated rings. The molecule has 94 valence electrons. The summed E-state index contributed by atoms with van der Waals surface area (Å²) in [6, 6.07) is 0.242. The van der Waals surface area contributed by atoms with E-state index in [9.17, 15) is 4.79 Å². The molecule has 0 spiro atoms. The highest BCUT2D eigenvalue weighted by Crippen LogP contribution is 2.37. The molecule has 0 aromatic rings. The van der Waals surface area contributed by atoms with Crippen molar-refractivity contribution in [1.29, 1.82) is 0 Å². The summed E-state index contributed by atoms with van der Waals surface area (Å²) in [5, 5.41) is 3.16. The van der Waals surface area contributed by atoms with Crippen molar-refractivity contribution in [2.75, 3.05) is 6.61 Å². The van der Waals surface area contributed by atoms with Crippen LogP contribution in [0.5, 0.6) is 0 Å². The predicted molar refractivity (Wildman–Crippen MR) is 68.9 cm³/mol. The second-order valence-electron chi connectivity index (χ2n) is 6.20. The first-order chi connectivity index (χ1) is 7.19. The summed E-state index contributed by atoms with van der Waals surface area (Å²) in [7, 11) is -1.67. The van der Waals surface area contributed by atoms with E-state index in [0.29, 0.717) is 6.61 Å². The SMILES string of the molecule is CC[C@@H]1C(=O)N[C@@H]1CO[Si](C)(C)C(C)(C)C. The molecule has 1 N–H and O–H groups in total. The first-order valence-corrected chi connectivity index (χ1v) is 9.04. The average molecular weight is 243 g/mol. The Morgan fingerprint density at radius 2 is 1.94 bits per heavy atom. The van der Waals surface area contributed by atoms with Crippen molar-refractivity contribution in [3.63, 3.8) is 0 Å². The minimum Gasteiger partial charge on any atom is -0.415 e. The van der Waals surface area contributed by atoms with E-state index in [0.717, 1.165) is 6.42 Å². The van der Waals surface area contributed by atoms with Crippen LogP contribution in [0, 0.1) is 5.92 Å². The Morgan fingerprint density at radius 1 is 1.38 bits per heavy atom. The molecule has 0 saturated carbocycles. The summed E-state index contributed by atoms with van der Waals surface area (Å²) in [5.41, 5.74) is 0. The molecule has 2 atom stereocenters. The predicted octanol–water partition coefficient (Wildman–Crippen LogP) is 2.53. The van der Waals surface area contributed by atoms with Gasteiger partial charge in [0.25, 0.3) is 0 Å². The van der Waals surface area contributed by atoms with E-state index in [4.69, 9.17) is 4.43 Å². The van der Waals surface area contributed by atoms with E-state index in [1.807, 2.05) is 0 Å². The van der Waals surface area contributed by atoms with E-state index >= 15 is 0 Å². The average Bonchev–Trinajstić information content (AvgIpc) is 2.10. The van der Waals surface area contributed by atoms with Gasteiger partial charge in [0.1, 0.15) is 0 Å². The molecule has 0 radical (unpaired) electrons. The van der Waals surface area contributed by atoms with Crippen molar-refractivity contribution in [3.05, 3.63) is 0 Å². The van der Waals surface area contributed by atoms with E-state index in [1.54, 1.807) is 0 Å². The molecule has 16 heavy (non-hydrogen) atoms. The lowest BCUT2D eigenvalue weighted by Gasteiger charge is -2.41. The molecule has 3 nitrogen and oxygen atoms in total. The molecule has 0 aromatic carbocycles. The third-order valence-electron chi connectivity index (χ3n) is 4.02. The van der Waals surface area contributed by atoms with Crippen molar-refractivity contribution in [1.82, 2.24) is 5.32 Å². The van der Waals surface area contributed by atoms with Crippen molar-refractivity contribution < 1.29 is 9.22 Å². The number of carbonyl (C=O) groups excluding carboxylic acids is 1.